The summed E-state index contributed by atoms with van der Waals surface area (Å²) in [5.74, 6) is -1.60. The zero-order valence-electron chi connectivity index (χ0n) is 11.2. The minimum absolute atomic E-state index is 0.0735. The molecule has 114 valence electrons. The topological polar surface area (TPSA) is 64.6 Å². The van der Waals surface area contributed by atoms with Crippen LogP contribution in [0.25, 0.3) is 6.08 Å². The average Bonchev–Trinajstić information content (AvgIpc) is 2.34. The number of benzene rings is 1. The first-order chi connectivity index (χ1) is 9.71. The van der Waals surface area contributed by atoms with Gasteiger partial charge in [-0.25, -0.2) is 4.79 Å². The molecule has 0 unspecified atom stereocenters. The van der Waals surface area contributed by atoms with Gasteiger partial charge in [0, 0.05) is 19.1 Å². The third kappa shape index (κ3) is 5.98. The molecule has 21 heavy (non-hydrogen) atoms. The first-order valence-corrected chi connectivity index (χ1v) is 5.64. The van der Waals surface area contributed by atoms with Crippen LogP contribution in [0.1, 0.15) is 12.5 Å². The van der Waals surface area contributed by atoms with Crippen molar-refractivity contribution in [3.63, 3.8) is 0 Å². The minimum atomic E-state index is -4.84. The van der Waals surface area contributed by atoms with Crippen LogP contribution in [0.3, 0.4) is 0 Å². The molecule has 0 aromatic heterocycles. The summed E-state index contributed by atoms with van der Waals surface area (Å²) >= 11 is 0. The second-order valence-electron chi connectivity index (χ2n) is 3.83. The van der Waals surface area contributed by atoms with Crippen molar-refractivity contribution < 1.29 is 32.2 Å². The normalized spacial score (nSPS) is 11.3. The third-order valence-corrected chi connectivity index (χ3v) is 2.17. The Morgan fingerprint density at radius 2 is 1.95 bits per heavy atom. The molecule has 0 saturated carbocycles. The van der Waals surface area contributed by atoms with Gasteiger partial charge >= 0.3 is 12.3 Å². The standard InChI is InChI=1S/C13H12F3NO4/c1-8(18)17-11-7-10(21-13(14,15)16)5-3-9(11)4-6-12(19)20-2/h3-7H,1-2H3,(H,17,18)/b6-4+. The van der Waals surface area contributed by atoms with Crippen LogP contribution in [0.4, 0.5) is 18.9 Å². The van der Waals surface area contributed by atoms with E-state index in [2.05, 4.69) is 14.8 Å². The molecule has 1 aromatic carbocycles. The lowest BCUT2D eigenvalue weighted by Gasteiger charge is -2.12. The highest BCUT2D eigenvalue weighted by Crippen LogP contribution is 2.28. The highest BCUT2D eigenvalue weighted by Gasteiger charge is 2.31. The molecule has 1 rings (SSSR count). The second kappa shape index (κ2) is 6.78. The van der Waals surface area contributed by atoms with Gasteiger partial charge in [0.1, 0.15) is 5.75 Å². The Balaban J connectivity index is 3.10. The number of hydrogen-bond acceptors (Lipinski definition) is 4. The van der Waals surface area contributed by atoms with E-state index in [-0.39, 0.29) is 5.69 Å². The molecule has 0 heterocycles. The molecule has 5 nitrogen and oxygen atoms in total. The molecule has 0 atom stereocenters. The Morgan fingerprint density at radius 3 is 2.48 bits per heavy atom. The molecule has 0 saturated heterocycles. The number of esters is 1. The number of nitrogens with one attached hydrogen (secondary N) is 1. The van der Waals surface area contributed by atoms with Gasteiger partial charge in [0.15, 0.2) is 0 Å². The third-order valence-electron chi connectivity index (χ3n) is 2.17. The van der Waals surface area contributed by atoms with Gasteiger partial charge in [0.25, 0.3) is 0 Å². The first-order valence-electron chi connectivity index (χ1n) is 5.64. The molecule has 0 aliphatic rings. The molecule has 0 spiro atoms. The van der Waals surface area contributed by atoms with E-state index in [0.717, 1.165) is 18.2 Å². The van der Waals surface area contributed by atoms with Gasteiger partial charge in [-0.15, -0.1) is 13.2 Å². The fourth-order valence-electron chi connectivity index (χ4n) is 1.40. The van der Waals surface area contributed by atoms with Crippen molar-refractivity contribution in [3.8, 4) is 5.75 Å². The van der Waals surface area contributed by atoms with Crippen LogP contribution in [0.15, 0.2) is 24.3 Å². The molecular formula is C13H12F3NO4. The number of methoxy groups -OCH3 is 1. The molecular weight excluding hydrogens is 291 g/mol. The number of halogens is 3. The van der Waals surface area contributed by atoms with Crippen LogP contribution in [0, 0.1) is 0 Å². The van der Waals surface area contributed by atoms with Crippen molar-refractivity contribution in [2.24, 2.45) is 0 Å². The van der Waals surface area contributed by atoms with E-state index in [1.54, 1.807) is 0 Å². The number of hydrogen-bond donors (Lipinski definition) is 1. The average molecular weight is 303 g/mol. The van der Waals surface area contributed by atoms with E-state index >= 15 is 0 Å². The van der Waals surface area contributed by atoms with Crippen LogP contribution >= 0.6 is 0 Å². The van der Waals surface area contributed by atoms with E-state index in [1.807, 2.05) is 0 Å². The van der Waals surface area contributed by atoms with Crippen molar-refractivity contribution in [1.82, 2.24) is 0 Å². The number of amides is 1. The predicted molar refractivity (Wildman–Crippen MR) is 68.5 cm³/mol. The van der Waals surface area contributed by atoms with Crippen molar-refractivity contribution in [3.05, 3.63) is 29.8 Å². The predicted octanol–water partition coefficient (Wildman–Crippen LogP) is 2.73. The van der Waals surface area contributed by atoms with E-state index in [9.17, 15) is 22.8 Å². The maximum absolute atomic E-state index is 12.2. The van der Waals surface area contributed by atoms with E-state index in [1.165, 1.54) is 26.2 Å². The molecule has 1 N–H and O–H groups in total. The Bertz CT molecular complexity index is 567. The quantitative estimate of drug-likeness (QED) is 0.686. The number of carbonyl (C=O) groups is 2. The van der Waals surface area contributed by atoms with Crippen LogP contribution < -0.4 is 10.1 Å². The second-order valence-corrected chi connectivity index (χ2v) is 3.83. The molecule has 8 heteroatoms. The molecule has 1 amide bonds. The van der Waals surface area contributed by atoms with Crippen LogP contribution in [0.2, 0.25) is 0 Å². The maximum Gasteiger partial charge on any atom is 0.573 e. The molecule has 0 fully saturated rings. The lowest BCUT2D eigenvalue weighted by Crippen LogP contribution is -2.17. The van der Waals surface area contributed by atoms with Gasteiger partial charge in [-0.1, -0.05) is 0 Å². The van der Waals surface area contributed by atoms with Gasteiger partial charge < -0.3 is 14.8 Å². The molecule has 1 aromatic rings. The number of carbonyl (C=O) groups excluding carboxylic acids is 2. The van der Waals surface area contributed by atoms with Crippen LogP contribution in [-0.4, -0.2) is 25.3 Å². The maximum atomic E-state index is 12.2. The largest absolute Gasteiger partial charge is 0.573 e. The monoisotopic (exact) mass is 303 g/mol. The first kappa shape index (κ1) is 16.5. The van der Waals surface area contributed by atoms with Crippen molar-refractivity contribution >= 4 is 23.6 Å². The van der Waals surface area contributed by atoms with Gasteiger partial charge in [-0.3, -0.25) is 4.79 Å². The van der Waals surface area contributed by atoms with Crippen LogP contribution in [0.5, 0.6) is 5.75 Å². The highest BCUT2D eigenvalue weighted by molar-refractivity contribution is 5.93. The van der Waals surface area contributed by atoms with Gasteiger partial charge in [-0.2, -0.15) is 0 Å². The zero-order chi connectivity index (χ0) is 16.0. The van der Waals surface area contributed by atoms with Gasteiger partial charge in [0.2, 0.25) is 5.91 Å². The van der Waals surface area contributed by atoms with Gasteiger partial charge in [-0.05, 0) is 23.8 Å². The smallest absolute Gasteiger partial charge is 0.466 e. The highest BCUT2D eigenvalue weighted by atomic mass is 19.4. The summed E-state index contributed by atoms with van der Waals surface area (Å²) in [5, 5.41) is 2.35. The number of alkyl halides is 3. The summed E-state index contributed by atoms with van der Waals surface area (Å²) in [5.41, 5.74) is 0.398. The Morgan fingerprint density at radius 1 is 1.29 bits per heavy atom. The van der Waals surface area contributed by atoms with Crippen LogP contribution in [-0.2, 0) is 14.3 Å². The summed E-state index contributed by atoms with van der Waals surface area (Å²) in [7, 11) is 1.18. The lowest BCUT2D eigenvalue weighted by atomic mass is 10.1. The fourth-order valence-corrected chi connectivity index (χ4v) is 1.40. The Kier molecular flexibility index (Phi) is 5.34. The summed E-state index contributed by atoms with van der Waals surface area (Å²) in [6.45, 7) is 1.20. The van der Waals surface area contributed by atoms with Crippen molar-refractivity contribution in [2.45, 2.75) is 13.3 Å². The molecule has 0 aliphatic carbocycles. The zero-order valence-corrected chi connectivity index (χ0v) is 11.2. The lowest BCUT2D eigenvalue weighted by molar-refractivity contribution is -0.274. The molecule has 0 aliphatic heterocycles. The Hall–Kier alpha value is -2.51. The fraction of sp³-hybridized carbons (Fsp3) is 0.231. The summed E-state index contributed by atoms with van der Waals surface area (Å²) < 4.78 is 44.6. The number of rotatable bonds is 4. The SMILES string of the molecule is COC(=O)/C=C/c1ccc(OC(F)(F)F)cc1NC(C)=O. The Labute approximate surface area is 118 Å². The summed E-state index contributed by atoms with van der Waals surface area (Å²) in [4.78, 5) is 22.1. The van der Waals surface area contributed by atoms with Crippen molar-refractivity contribution in [2.75, 3.05) is 12.4 Å². The number of anilines is 1. The van der Waals surface area contributed by atoms with E-state index in [0.29, 0.717) is 5.56 Å². The van der Waals surface area contributed by atoms with Crippen molar-refractivity contribution in [1.29, 1.82) is 0 Å². The molecule has 0 radical (unpaired) electrons. The molecule has 0 bridgehead atoms. The van der Waals surface area contributed by atoms with Gasteiger partial charge in [0.05, 0.1) is 12.8 Å². The van der Waals surface area contributed by atoms with E-state index in [4.69, 9.17) is 0 Å². The van der Waals surface area contributed by atoms with E-state index < -0.39 is 24.0 Å². The summed E-state index contributed by atoms with van der Waals surface area (Å²) in [6, 6.07) is 3.34. The minimum Gasteiger partial charge on any atom is -0.466 e. The number of ether oxygens (including phenoxy) is 2. The summed E-state index contributed by atoms with van der Waals surface area (Å²) in [6.07, 6.45) is -2.46.